The van der Waals surface area contributed by atoms with Crippen LogP contribution in [0.15, 0.2) is 53.4 Å². The topological polar surface area (TPSA) is 58.6 Å². The molecule has 0 unspecified atom stereocenters. The standard InChI is InChI=1S/C41H52F4N2O3S/c1-2-3-4-5-6-7-8-9-10-11-12-13-14-15-16-17-23-50-38-20-18-19-34(43)33(38)28-47-37-22-21-30(24-39(37)51-29-40(47)48)41(49)46-27-32-35(44)25-31(42)26-36(32)45/h18-22,24-26H,2-17,23,27-29H2,1H3,(H,46,49). The number of benzene rings is 3. The normalized spacial score (nSPS) is 12.6. The predicted octanol–water partition coefficient (Wildman–Crippen LogP) is 11.5. The van der Waals surface area contributed by atoms with Gasteiger partial charge in [0.05, 0.1) is 24.6 Å². The molecular weight excluding hydrogens is 677 g/mol. The maximum atomic E-state index is 15.2. The van der Waals surface area contributed by atoms with Gasteiger partial charge in [-0.25, -0.2) is 17.6 Å². The van der Waals surface area contributed by atoms with Gasteiger partial charge in [0.25, 0.3) is 5.91 Å². The average Bonchev–Trinajstić information content (AvgIpc) is 3.11. The molecule has 1 aliphatic rings. The first-order valence-electron chi connectivity index (χ1n) is 18.7. The van der Waals surface area contributed by atoms with E-state index in [4.69, 9.17) is 4.74 Å². The van der Waals surface area contributed by atoms with E-state index in [1.807, 2.05) is 0 Å². The predicted molar refractivity (Wildman–Crippen MR) is 197 cm³/mol. The largest absolute Gasteiger partial charge is 0.493 e. The summed E-state index contributed by atoms with van der Waals surface area (Å²) < 4.78 is 62.5. The number of hydrogen-bond acceptors (Lipinski definition) is 4. The molecule has 0 atom stereocenters. The van der Waals surface area contributed by atoms with E-state index in [9.17, 15) is 22.8 Å². The van der Waals surface area contributed by atoms with Gasteiger partial charge < -0.3 is 15.0 Å². The summed E-state index contributed by atoms with van der Waals surface area (Å²) in [6.07, 6.45) is 20.5. The number of halogens is 4. The molecule has 278 valence electrons. The van der Waals surface area contributed by atoms with Crippen molar-refractivity contribution in [3.05, 3.63) is 88.5 Å². The van der Waals surface area contributed by atoms with Gasteiger partial charge in [-0.05, 0) is 36.8 Å². The van der Waals surface area contributed by atoms with Crippen LogP contribution >= 0.6 is 11.8 Å². The zero-order valence-electron chi connectivity index (χ0n) is 29.9. The molecule has 3 aromatic rings. The summed E-state index contributed by atoms with van der Waals surface area (Å²) >= 11 is 1.25. The average molecular weight is 729 g/mol. The highest BCUT2D eigenvalue weighted by atomic mass is 32.2. The van der Waals surface area contributed by atoms with E-state index in [0.717, 1.165) is 19.3 Å². The molecule has 51 heavy (non-hydrogen) atoms. The minimum atomic E-state index is -1.09. The summed E-state index contributed by atoms with van der Waals surface area (Å²) in [5.41, 5.74) is 0.569. The third-order valence-electron chi connectivity index (χ3n) is 9.34. The highest BCUT2D eigenvalue weighted by Crippen LogP contribution is 2.38. The van der Waals surface area contributed by atoms with Crippen LogP contribution in [0.5, 0.6) is 5.75 Å². The summed E-state index contributed by atoms with van der Waals surface area (Å²) in [5, 5.41) is 2.46. The number of thioether (sulfide) groups is 1. The zero-order valence-corrected chi connectivity index (χ0v) is 30.7. The summed E-state index contributed by atoms with van der Waals surface area (Å²) in [7, 11) is 0. The van der Waals surface area contributed by atoms with Crippen molar-refractivity contribution >= 4 is 29.3 Å². The Morgan fingerprint density at radius 1 is 0.745 bits per heavy atom. The molecule has 0 radical (unpaired) electrons. The molecular formula is C41H52F4N2O3S. The van der Waals surface area contributed by atoms with Gasteiger partial charge in [0.1, 0.15) is 29.0 Å². The number of fused-ring (bicyclic) bond motifs is 1. The van der Waals surface area contributed by atoms with Crippen LogP contribution in [0.2, 0.25) is 0 Å². The Kier molecular flexibility index (Phi) is 17.2. The molecule has 4 rings (SSSR count). The maximum Gasteiger partial charge on any atom is 0.251 e. The van der Waals surface area contributed by atoms with Crippen molar-refractivity contribution in [3.8, 4) is 5.75 Å². The summed E-state index contributed by atoms with van der Waals surface area (Å²) in [6.45, 7) is 2.21. The number of unbranched alkanes of at least 4 members (excludes halogenated alkanes) is 15. The van der Waals surface area contributed by atoms with Crippen molar-refractivity contribution in [1.29, 1.82) is 0 Å². The van der Waals surface area contributed by atoms with Gasteiger partial charge in [0.15, 0.2) is 0 Å². The van der Waals surface area contributed by atoms with Crippen LogP contribution in [0.4, 0.5) is 23.2 Å². The lowest BCUT2D eigenvalue weighted by Gasteiger charge is -2.30. The first-order chi connectivity index (χ1) is 24.8. The van der Waals surface area contributed by atoms with Crippen molar-refractivity contribution in [2.24, 2.45) is 0 Å². The molecule has 0 aromatic heterocycles. The van der Waals surface area contributed by atoms with Gasteiger partial charge in [-0.2, -0.15) is 0 Å². The molecule has 2 amide bonds. The van der Waals surface area contributed by atoms with Crippen LogP contribution in [0, 0.1) is 23.3 Å². The summed E-state index contributed by atoms with van der Waals surface area (Å²) in [5.74, 6) is -4.01. The fourth-order valence-corrected chi connectivity index (χ4v) is 7.32. The SMILES string of the molecule is CCCCCCCCCCCCCCCCCCOc1cccc(F)c1CN1C(=O)CSc2cc(C(=O)NCc3c(F)cc(F)cc3F)ccc21. The second-order valence-electron chi connectivity index (χ2n) is 13.4. The molecule has 1 heterocycles. The minimum absolute atomic E-state index is 0.0397. The van der Waals surface area contributed by atoms with Gasteiger partial charge in [-0.1, -0.05) is 109 Å². The van der Waals surface area contributed by atoms with Crippen LogP contribution in [0.3, 0.4) is 0 Å². The number of ether oxygens (including phenoxy) is 1. The van der Waals surface area contributed by atoms with E-state index in [2.05, 4.69) is 12.2 Å². The molecule has 1 aliphatic heterocycles. The third-order valence-corrected chi connectivity index (χ3v) is 10.4. The second kappa shape index (κ2) is 21.7. The van der Waals surface area contributed by atoms with E-state index in [1.54, 1.807) is 24.3 Å². The van der Waals surface area contributed by atoms with E-state index in [1.165, 1.54) is 112 Å². The second-order valence-corrected chi connectivity index (χ2v) is 14.4. The monoisotopic (exact) mass is 728 g/mol. The van der Waals surface area contributed by atoms with Gasteiger partial charge in [-0.15, -0.1) is 11.8 Å². The Morgan fingerprint density at radius 2 is 1.33 bits per heavy atom. The molecule has 0 saturated carbocycles. The van der Waals surface area contributed by atoms with Gasteiger partial charge >= 0.3 is 0 Å². The maximum absolute atomic E-state index is 15.2. The van der Waals surface area contributed by atoms with Crippen LogP contribution in [0.1, 0.15) is 131 Å². The van der Waals surface area contributed by atoms with Crippen LogP contribution in [-0.4, -0.2) is 24.2 Å². The zero-order chi connectivity index (χ0) is 36.4. The Hall–Kier alpha value is -3.53. The van der Waals surface area contributed by atoms with Crippen molar-refractivity contribution in [3.63, 3.8) is 0 Å². The molecule has 5 nitrogen and oxygen atoms in total. The first kappa shape index (κ1) is 40.2. The van der Waals surface area contributed by atoms with Gasteiger partial charge in [-0.3, -0.25) is 9.59 Å². The number of rotatable bonds is 23. The molecule has 0 aliphatic carbocycles. The van der Waals surface area contributed by atoms with Gasteiger partial charge in [0.2, 0.25) is 5.91 Å². The molecule has 10 heteroatoms. The minimum Gasteiger partial charge on any atom is -0.493 e. The number of nitrogens with one attached hydrogen (secondary N) is 1. The Balaban J connectivity index is 1.20. The Labute approximate surface area is 304 Å². The molecule has 0 spiro atoms. The Bertz CT molecular complexity index is 1550. The third kappa shape index (κ3) is 12.9. The van der Waals surface area contributed by atoms with Crippen LogP contribution < -0.4 is 15.0 Å². The smallest absolute Gasteiger partial charge is 0.251 e. The fraction of sp³-hybridized carbons (Fsp3) is 0.512. The number of hydrogen-bond donors (Lipinski definition) is 1. The number of anilines is 1. The first-order valence-corrected chi connectivity index (χ1v) is 19.7. The van der Waals surface area contributed by atoms with Gasteiger partial charge in [0, 0.05) is 40.3 Å². The fourth-order valence-electron chi connectivity index (χ4n) is 6.35. The lowest BCUT2D eigenvalue weighted by atomic mass is 10.0. The van der Waals surface area contributed by atoms with Crippen molar-refractivity contribution < 1.29 is 31.9 Å². The number of nitrogens with zero attached hydrogens (tertiary/aromatic N) is 1. The van der Waals surface area contributed by atoms with Crippen molar-refractivity contribution in [2.45, 2.75) is 128 Å². The molecule has 3 aromatic carbocycles. The lowest BCUT2D eigenvalue weighted by molar-refractivity contribution is -0.116. The number of carbonyl (C=O) groups is 2. The number of carbonyl (C=O) groups excluding carboxylic acids is 2. The van der Waals surface area contributed by atoms with E-state index >= 15 is 4.39 Å². The molecule has 0 fully saturated rings. The Morgan fingerprint density at radius 3 is 1.94 bits per heavy atom. The van der Waals surface area contributed by atoms with Crippen molar-refractivity contribution in [2.75, 3.05) is 17.3 Å². The van der Waals surface area contributed by atoms with Crippen molar-refractivity contribution in [1.82, 2.24) is 5.32 Å². The molecule has 0 bridgehead atoms. The summed E-state index contributed by atoms with van der Waals surface area (Å²) in [6, 6.07) is 10.5. The molecule has 1 N–H and O–H groups in total. The lowest BCUT2D eigenvalue weighted by Crippen LogP contribution is -2.35. The quantitative estimate of drug-likeness (QED) is 0.0780. The summed E-state index contributed by atoms with van der Waals surface area (Å²) in [4.78, 5) is 28.0. The molecule has 0 saturated heterocycles. The highest BCUT2D eigenvalue weighted by Gasteiger charge is 2.28. The van der Waals surface area contributed by atoms with Crippen LogP contribution in [-0.2, 0) is 17.9 Å². The number of amides is 2. The van der Waals surface area contributed by atoms with E-state index in [0.29, 0.717) is 35.1 Å². The van der Waals surface area contributed by atoms with Crippen LogP contribution in [0.25, 0.3) is 0 Å². The van der Waals surface area contributed by atoms with E-state index in [-0.39, 0.29) is 29.3 Å². The highest BCUT2D eigenvalue weighted by molar-refractivity contribution is 8.00. The van der Waals surface area contributed by atoms with E-state index < -0.39 is 41.3 Å².